The first-order valence-electron chi connectivity index (χ1n) is 6.75. The number of nitrogens with zero attached hydrogens (tertiary/aromatic N) is 1. The van der Waals surface area contributed by atoms with Crippen LogP contribution < -0.4 is 5.32 Å². The fourth-order valence-electron chi connectivity index (χ4n) is 3.02. The number of alkyl carbamates (subject to hydrolysis) is 1. The van der Waals surface area contributed by atoms with Crippen LogP contribution in [0.1, 0.15) is 59.3 Å². The second-order valence-corrected chi connectivity index (χ2v) is 6.61. The molecule has 2 rings (SSSR count). The van der Waals surface area contributed by atoms with Crippen LogP contribution in [0.5, 0.6) is 0 Å². The molecule has 0 radical (unpaired) electrons. The number of carbonyl (C=O) groups excluding carboxylic acids is 1. The Morgan fingerprint density at radius 1 is 1.22 bits per heavy atom. The zero-order valence-electron chi connectivity index (χ0n) is 11.5. The zero-order valence-corrected chi connectivity index (χ0v) is 11.5. The Balaban J connectivity index is 2.09. The number of hydrogen-bond acceptors (Lipinski definition) is 3. The molecule has 0 atom stereocenters. The van der Waals surface area contributed by atoms with Crippen molar-refractivity contribution in [1.82, 2.24) is 5.32 Å². The van der Waals surface area contributed by atoms with Crippen molar-refractivity contribution in [2.75, 3.05) is 0 Å². The summed E-state index contributed by atoms with van der Waals surface area (Å²) >= 11 is 0. The molecule has 2 fully saturated rings. The SMILES string of the molecule is CC(C)(C)OC(=O)NC1(C2(C#N)CC2)CCCC1. The van der Waals surface area contributed by atoms with Crippen LogP contribution >= 0.6 is 0 Å². The maximum atomic E-state index is 12.0. The van der Waals surface area contributed by atoms with Crippen LogP contribution in [0.2, 0.25) is 0 Å². The van der Waals surface area contributed by atoms with E-state index in [1.165, 1.54) is 0 Å². The molecule has 4 nitrogen and oxygen atoms in total. The molecule has 0 aromatic rings. The van der Waals surface area contributed by atoms with Gasteiger partial charge >= 0.3 is 6.09 Å². The number of nitrogens with one attached hydrogen (secondary N) is 1. The average Bonchev–Trinajstić information content (AvgIpc) is 2.92. The standard InChI is InChI=1S/C14H22N2O2/c1-12(2,3)18-11(17)16-14(6-4-5-7-14)13(10-15)8-9-13/h4-9H2,1-3H3,(H,16,17). The molecule has 2 aliphatic rings. The van der Waals surface area contributed by atoms with E-state index in [0.717, 1.165) is 38.5 Å². The predicted octanol–water partition coefficient (Wildman–Crippen LogP) is 3.13. The van der Waals surface area contributed by atoms with Crippen molar-refractivity contribution in [3.63, 3.8) is 0 Å². The summed E-state index contributed by atoms with van der Waals surface area (Å²) in [5.41, 5.74) is -1.17. The predicted molar refractivity (Wildman–Crippen MR) is 67.8 cm³/mol. The number of hydrogen-bond donors (Lipinski definition) is 1. The number of carbonyl (C=O) groups is 1. The molecule has 2 saturated carbocycles. The fraction of sp³-hybridized carbons (Fsp3) is 0.857. The van der Waals surface area contributed by atoms with E-state index in [9.17, 15) is 10.1 Å². The van der Waals surface area contributed by atoms with Gasteiger partial charge in [0.2, 0.25) is 0 Å². The Morgan fingerprint density at radius 3 is 2.17 bits per heavy atom. The van der Waals surface area contributed by atoms with Crippen LogP contribution in [0.25, 0.3) is 0 Å². The van der Waals surface area contributed by atoms with Gasteiger partial charge in [-0.1, -0.05) is 12.8 Å². The molecule has 1 N–H and O–H groups in total. The Morgan fingerprint density at radius 2 is 1.78 bits per heavy atom. The summed E-state index contributed by atoms with van der Waals surface area (Å²) in [6.45, 7) is 5.56. The van der Waals surface area contributed by atoms with E-state index in [0.29, 0.717) is 0 Å². The van der Waals surface area contributed by atoms with Crippen LogP contribution in [0.4, 0.5) is 4.79 Å². The van der Waals surface area contributed by atoms with Crippen molar-refractivity contribution in [2.24, 2.45) is 5.41 Å². The highest BCUT2D eigenvalue weighted by Gasteiger charge is 2.61. The zero-order chi connectivity index (χ0) is 13.4. The number of ether oxygens (including phenoxy) is 1. The molecule has 0 unspecified atom stereocenters. The molecule has 2 aliphatic carbocycles. The third-order valence-electron chi connectivity index (χ3n) is 4.08. The highest BCUT2D eigenvalue weighted by Crippen LogP contribution is 2.59. The largest absolute Gasteiger partial charge is 0.444 e. The lowest BCUT2D eigenvalue weighted by atomic mass is 9.80. The summed E-state index contributed by atoms with van der Waals surface area (Å²) in [4.78, 5) is 12.0. The van der Waals surface area contributed by atoms with E-state index in [2.05, 4.69) is 11.4 Å². The molecule has 0 aliphatic heterocycles. The van der Waals surface area contributed by atoms with E-state index in [4.69, 9.17) is 4.74 Å². The molecule has 0 heterocycles. The van der Waals surface area contributed by atoms with Crippen LogP contribution in [-0.2, 0) is 4.74 Å². The molecule has 0 aromatic heterocycles. The second-order valence-electron chi connectivity index (χ2n) is 6.61. The van der Waals surface area contributed by atoms with Crippen LogP contribution in [-0.4, -0.2) is 17.2 Å². The third kappa shape index (κ3) is 2.31. The van der Waals surface area contributed by atoms with E-state index < -0.39 is 5.60 Å². The summed E-state index contributed by atoms with van der Waals surface area (Å²) < 4.78 is 5.33. The minimum atomic E-state index is -0.493. The van der Waals surface area contributed by atoms with Crippen LogP contribution in [0.15, 0.2) is 0 Å². The smallest absolute Gasteiger partial charge is 0.408 e. The van der Waals surface area contributed by atoms with Gasteiger partial charge in [-0.3, -0.25) is 0 Å². The highest BCUT2D eigenvalue weighted by molar-refractivity contribution is 5.69. The van der Waals surface area contributed by atoms with Gasteiger partial charge in [0.15, 0.2) is 0 Å². The van der Waals surface area contributed by atoms with Crippen molar-refractivity contribution in [3.8, 4) is 6.07 Å². The fourth-order valence-corrected chi connectivity index (χ4v) is 3.02. The van der Waals surface area contributed by atoms with Gasteiger partial charge in [0, 0.05) is 0 Å². The Bertz CT molecular complexity index is 380. The van der Waals surface area contributed by atoms with E-state index in [1.807, 2.05) is 20.8 Å². The monoisotopic (exact) mass is 250 g/mol. The minimum absolute atomic E-state index is 0.333. The molecular formula is C14H22N2O2. The molecule has 1 amide bonds. The Kier molecular flexibility index (Phi) is 3.04. The highest BCUT2D eigenvalue weighted by atomic mass is 16.6. The van der Waals surface area contributed by atoms with Crippen molar-refractivity contribution in [2.45, 2.75) is 70.4 Å². The van der Waals surface area contributed by atoms with Crippen LogP contribution in [0.3, 0.4) is 0 Å². The third-order valence-corrected chi connectivity index (χ3v) is 4.08. The molecule has 18 heavy (non-hydrogen) atoms. The van der Waals surface area contributed by atoms with Crippen molar-refractivity contribution >= 4 is 6.09 Å². The molecule has 100 valence electrons. The van der Waals surface area contributed by atoms with Gasteiger partial charge in [-0.2, -0.15) is 5.26 Å². The van der Waals surface area contributed by atoms with Crippen LogP contribution in [0, 0.1) is 16.7 Å². The number of rotatable bonds is 2. The summed E-state index contributed by atoms with van der Waals surface area (Å²) in [5, 5.41) is 12.4. The summed E-state index contributed by atoms with van der Waals surface area (Å²) in [6, 6.07) is 2.43. The topological polar surface area (TPSA) is 62.1 Å². The Hall–Kier alpha value is -1.24. The van der Waals surface area contributed by atoms with Gasteiger partial charge < -0.3 is 10.1 Å². The van der Waals surface area contributed by atoms with Crippen molar-refractivity contribution in [1.29, 1.82) is 5.26 Å². The van der Waals surface area contributed by atoms with E-state index in [-0.39, 0.29) is 17.0 Å². The van der Waals surface area contributed by atoms with Gasteiger partial charge in [-0.15, -0.1) is 0 Å². The molecule has 4 heteroatoms. The summed E-state index contributed by atoms with van der Waals surface area (Å²) in [7, 11) is 0. The van der Waals surface area contributed by atoms with E-state index >= 15 is 0 Å². The lowest BCUT2D eigenvalue weighted by molar-refractivity contribution is 0.0418. The maximum absolute atomic E-state index is 12.0. The van der Waals surface area contributed by atoms with E-state index in [1.54, 1.807) is 0 Å². The lowest BCUT2D eigenvalue weighted by Gasteiger charge is -2.35. The van der Waals surface area contributed by atoms with Crippen molar-refractivity contribution < 1.29 is 9.53 Å². The first-order chi connectivity index (χ1) is 8.33. The molecule has 0 saturated heterocycles. The molecule has 0 aromatic carbocycles. The number of nitriles is 1. The lowest BCUT2D eigenvalue weighted by Crippen LogP contribution is -2.54. The second kappa shape index (κ2) is 4.15. The first-order valence-corrected chi connectivity index (χ1v) is 6.75. The van der Waals surface area contributed by atoms with Gasteiger partial charge in [0.25, 0.3) is 0 Å². The normalized spacial score (nSPS) is 24.1. The van der Waals surface area contributed by atoms with Gasteiger partial charge in [0.1, 0.15) is 5.60 Å². The van der Waals surface area contributed by atoms with Gasteiger partial charge in [0.05, 0.1) is 17.0 Å². The minimum Gasteiger partial charge on any atom is -0.444 e. The molecular weight excluding hydrogens is 228 g/mol. The summed E-state index contributed by atoms with van der Waals surface area (Å²) in [6.07, 6.45) is 5.39. The van der Waals surface area contributed by atoms with Gasteiger partial charge in [-0.05, 0) is 46.5 Å². The maximum Gasteiger partial charge on any atom is 0.408 e. The molecule has 0 bridgehead atoms. The van der Waals surface area contributed by atoms with Gasteiger partial charge in [-0.25, -0.2) is 4.79 Å². The van der Waals surface area contributed by atoms with Crippen molar-refractivity contribution in [3.05, 3.63) is 0 Å². The summed E-state index contributed by atoms with van der Waals surface area (Å²) in [5.74, 6) is 0. The number of amides is 1. The first kappa shape index (κ1) is 13.2. The molecule has 0 spiro atoms. The average molecular weight is 250 g/mol. The quantitative estimate of drug-likeness (QED) is 0.819. The Labute approximate surface area is 109 Å².